The summed E-state index contributed by atoms with van der Waals surface area (Å²) in [5.74, 6) is 2.91. The first kappa shape index (κ1) is 15.2. The molecule has 0 aliphatic carbocycles. The lowest BCUT2D eigenvalue weighted by Crippen LogP contribution is -2.34. The van der Waals surface area contributed by atoms with Gasteiger partial charge in [-0.1, -0.05) is 0 Å². The van der Waals surface area contributed by atoms with E-state index in [0.717, 1.165) is 50.1 Å². The number of hydrogen-bond acceptors (Lipinski definition) is 6. The van der Waals surface area contributed by atoms with Gasteiger partial charge in [0.25, 0.3) is 0 Å². The van der Waals surface area contributed by atoms with Crippen LogP contribution < -0.4 is 0 Å². The topological polar surface area (TPSA) is 59.6 Å². The second-order valence-corrected chi connectivity index (χ2v) is 5.83. The quantitative estimate of drug-likeness (QED) is 0.710. The van der Waals surface area contributed by atoms with E-state index in [1.165, 1.54) is 0 Å². The molecule has 2 aromatic heterocycles. The third-order valence-electron chi connectivity index (χ3n) is 3.78. The van der Waals surface area contributed by atoms with Gasteiger partial charge in [-0.25, -0.2) is 0 Å². The summed E-state index contributed by atoms with van der Waals surface area (Å²) in [7, 11) is 4.08. The Balaban J connectivity index is 1.53. The minimum atomic E-state index is 0.527. The number of likely N-dealkylation sites (N-methyl/N-ethyl adjacent to an activating group) is 1. The van der Waals surface area contributed by atoms with E-state index >= 15 is 0 Å². The molecule has 0 atom stereocenters. The largest absolute Gasteiger partial charge is 0.468 e. The lowest BCUT2D eigenvalue weighted by Gasteiger charge is -2.26. The maximum absolute atomic E-state index is 5.67. The minimum Gasteiger partial charge on any atom is -0.468 e. The number of hydrogen-bond donors (Lipinski definition) is 0. The first-order valence-corrected chi connectivity index (χ1v) is 7.60. The van der Waals surface area contributed by atoms with Gasteiger partial charge in [0, 0.05) is 19.6 Å². The molecule has 0 N–H and O–H groups in total. The van der Waals surface area contributed by atoms with Gasteiger partial charge in [-0.05, 0) is 26.2 Å². The van der Waals surface area contributed by atoms with Crippen molar-refractivity contribution in [1.29, 1.82) is 0 Å². The smallest absolute Gasteiger partial charge is 0.159 e. The molecule has 7 nitrogen and oxygen atoms in total. The fourth-order valence-corrected chi connectivity index (χ4v) is 2.54. The Morgan fingerprint density at radius 3 is 3.00 bits per heavy atom. The zero-order chi connectivity index (χ0) is 15.4. The summed E-state index contributed by atoms with van der Waals surface area (Å²) in [6, 6.07) is 3.92. The summed E-state index contributed by atoms with van der Waals surface area (Å²) < 4.78 is 13.3. The van der Waals surface area contributed by atoms with Crippen LogP contribution in [0.15, 0.2) is 22.8 Å². The lowest BCUT2D eigenvalue weighted by molar-refractivity contribution is 0.0959. The molecule has 0 fully saturated rings. The van der Waals surface area contributed by atoms with Crippen LogP contribution in [0, 0.1) is 0 Å². The molecule has 0 aromatic carbocycles. The van der Waals surface area contributed by atoms with Crippen LogP contribution in [0.3, 0.4) is 0 Å². The third-order valence-corrected chi connectivity index (χ3v) is 3.78. The molecule has 1 aliphatic rings. The standard InChI is InChI=1S/C15H23N5O2/c1-18(2)7-9-21-12-15-17-16-14-11-19(5-6-20(14)15)10-13-4-3-8-22-13/h3-4,8H,5-7,9-12H2,1-2H3. The molecule has 0 amide bonds. The SMILES string of the molecule is CN(C)CCOCc1nnc2n1CCN(Cc1ccco1)C2. The molecule has 0 saturated carbocycles. The molecule has 22 heavy (non-hydrogen) atoms. The zero-order valence-corrected chi connectivity index (χ0v) is 13.2. The van der Waals surface area contributed by atoms with Gasteiger partial charge in [0.1, 0.15) is 18.2 Å². The maximum atomic E-state index is 5.67. The van der Waals surface area contributed by atoms with E-state index < -0.39 is 0 Å². The molecule has 120 valence electrons. The molecule has 2 aromatic rings. The predicted molar refractivity (Wildman–Crippen MR) is 81.1 cm³/mol. The van der Waals surface area contributed by atoms with Gasteiger partial charge in [0.15, 0.2) is 5.82 Å². The van der Waals surface area contributed by atoms with Crippen LogP contribution in [0.4, 0.5) is 0 Å². The highest BCUT2D eigenvalue weighted by atomic mass is 16.5. The molecule has 1 aliphatic heterocycles. The first-order chi connectivity index (χ1) is 10.7. The van der Waals surface area contributed by atoms with Crippen molar-refractivity contribution < 1.29 is 9.15 Å². The fraction of sp³-hybridized carbons (Fsp3) is 0.600. The van der Waals surface area contributed by atoms with E-state index in [4.69, 9.17) is 9.15 Å². The normalized spacial score (nSPS) is 15.4. The average Bonchev–Trinajstić information content (AvgIpc) is 3.13. The summed E-state index contributed by atoms with van der Waals surface area (Å²) in [4.78, 5) is 4.42. The zero-order valence-electron chi connectivity index (χ0n) is 13.2. The second-order valence-electron chi connectivity index (χ2n) is 5.83. The van der Waals surface area contributed by atoms with E-state index in [9.17, 15) is 0 Å². The van der Waals surface area contributed by atoms with Crippen LogP contribution in [-0.4, -0.2) is 58.4 Å². The van der Waals surface area contributed by atoms with Crippen LogP contribution in [0.1, 0.15) is 17.4 Å². The number of rotatable bonds is 7. The Kier molecular flexibility index (Phi) is 4.87. The third kappa shape index (κ3) is 3.73. The number of nitrogens with zero attached hydrogens (tertiary/aromatic N) is 5. The van der Waals surface area contributed by atoms with Crippen molar-refractivity contribution in [2.75, 3.05) is 33.8 Å². The van der Waals surface area contributed by atoms with E-state index in [0.29, 0.717) is 13.2 Å². The molecule has 0 saturated heterocycles. The van der Waals surface area contributed by atoms with Crippen LogP contribution in [0.25, 0.3) is 0 Å². The highest BCUT2D eigenvalue weighted by Gasteiger charge is 2.21. The molecule has 0 bridgehead atoms. The molecule has 3 rings (SSSR count). The number of furan rings is 1. The lowest BCUT2D eigenvalue weighted by atomic mass is 10.3. The molecular weight excluding hydrogens is 282 g/mol. The van der Waals surface area contributed by atoms with E-state index in [2.05, 4.69) is 24.6 Å². The molecule has 3 heterocycles. The van der Waals surface area contributed by atoms with Gasteiger partial charge in [-0.2, -0.15) is 0 Å². The van der Waals surface area contributed by atoms with Gasteiger partial charge >= 0.3 is 0 Å². The van der Waals surface area contributed by atoms with Gasteiger partial charge in [-0.15, -0.1) is 10.2 Å². The van der Waals surface area contributed by atoms with Gasteiger partial charge in [-0.3, -0.25) is 4.90 Å². The molecule has 7 heteroatoms. The minimum absolute atomic E-state index is 0.527. The van der Waals surface area contributed by atoms with Gasteiger partial charge in [0.05, 0.1) is 26.0 Å². The highest BCUT2D eigenvalue weighted by molar-refractivity contribution is 5.01. The second kappa shape index (κ2) is 7.04. The average molecular weight is 305 g/mol. The molecule has 0 spiro atoms. The fourth-order valence-electron chi connectivity index (χ4n) is 2.54. The maximum Gasteiger partial charge on any atom is 0.159 e. The number of ether oxygens (including phenoxy) is 1. The molecule has 0 unspecified atom stereocenters. The Labute approximate surface area is 130 Å². The van der Waals surface area contributed by atoms with Crippen molar-refractivity contribution >= 4 is 0 Å². The van der Waals surface area contributed by atoms with Crippen molar-refractivity contribution in [3.8, 4) is 0 Å². The van der Waals surface area contributed by atoms with Crippen LogP contribution >= 0.6 is 0 Å². The van der Waals surface area contributed by atoms with Crippen molar-refractivity contribution in [3.63, 3.8) is 0 Å². The van der Waals surface area contributed by atoms with Crippen molar-refractivity contribution in [3.05, 3.63) is 35.8 Å². The van der Waals surface area contributed by atoms with Crippen LogP contribution in [0.5, 0.6) is 0 Å². The Bertz CT molecular complexity index is 579. The number of aromatic nitrogens is 3. The van der Waals surface area contributed by atoms with Crippen molar-refractivity contribution in [1.82, 2.24) is 24.6 Å². The Morgan fingerprint density at radius 2 is 2.23 bits per heavy atom. The summed E-state index contributed by atoms with van der Waals surface area (Å²) in [6.07, 6.45) is 1.71. The van der Waals surface area contributed by atoms with Crippen LogP contribution in [-0.2, 0) is 31.0 Å². The molecule has 0 radical (unpaired) electrons. The van der Waals surface area contributed by atoms with Crippen molar-refractivity contribution in [2.24, 2.45) is 0 Å². The summed E-state index contributed by atoms with van der Waals surface area (Å²) >= 11 is 0. The van der Waals surface area contributed by atoms with E-state index in [1.54, 1.807) is 6.26 Å². The van der Waals surface area contributed by atoms with Gasteiger partial charge in [0.2, 0.25) is 0 Å². The monoisotopic (exact) mass is 305 g/mol. The summed E-state index contributed by atoms with van der Waals surface area (Å²) in [6.45, 7) is 5.63. The highest BCUT2D eigenvalue weighted by Crippen LogP contribution is 2.16. The van der Waals surface area contributed by atoms with E-state index in [-0.39, 0.29) is 0 Å². The molecular formula is C15H23N5O2. The summed E-state index contributed by atoms with van der Waals surface area (Å²) in [5, 5.41) is 8.57. The van der Waals surface area contributed by atoms with Crippen LogP contribution in [0.2, 0.25) is 0 Å². The van der Waals surface area contributed by atoms with Gasteiger partial charge < -0.3 is 18.6 Å². The Morgan fingerprint density at radius 1 is 1.32 bits per heavy atom. The Hall–Kier alpha value is -1.70. The van der Waals surface area contributed by atoms with E-state index in [1.807, 2.05) is 26.2 Å². The van der Waals surface area contributed by atoms with Crippen molar-refractivity contribution in [2.45, 2.75) is 26.2 Å². The summed E-state index contributed by atoms with van der Waals surface area (Å²) in [5.41, 5.74) is 0. The first-order valence-electron chi connectivity index (χ1n) is 7.60. The predicted octanol–water partition coefficient (Wildman–Crippen LogP) is 0.965. The number of fused-ring (bicyclic) bond motifs is 1.